The molecule has 0 N–H and O–H groups in total. The second-order valence-electron chi connectivity index (χ2n) is 7.47. The molecule has 2 aromatic heterocycles. The molecule has 29 heavy (non-hydrogen) atoms. The maximum atomic E-state index is 13.4. The molecule has 0 spiro atoms. The van der Waals surface area contributed by atoms with Crippen molar-refractivity contribution in [2.24, 2.45) is 0 Å². The Morgan fingerprint density at radius 1 is 1.21 bits per heavy atom. The van der Waals surface area contributed by atoms with Crippen LogP contribution in [0.2, 0.25) is 0 Å². The summed E-state index contributed by atoms with van der Waals surface area (Å²) in [7, 11) is 0. The number of hydrogen-bond donors (Lipinski definition) is 0. The lowest BCUT2D eigenvalue weighted by Gasteiger charge is -2.29. The maximum Gasteiger partial charge on any atom is 0.267 e. The zero-order chi connectivity index (χ0) is 20.5. The summed E-state index contributed by atoms with van der Waals surface area (Å²) in [4.78, 5) is 35.3. The lowest BCUT2D eigenvalue weighted by Crippen LogP contribution is -2.33. The van der Waals surface area contributed by atoms with Crippen molar-refractivity contribution in [2.45, 2.75) is 39.5 Å². The highest BCUT2D eigenvalue weighted by Gasteiger charge is 2.32. The molecule has 0 aromatic carbocycles. The summed E-state index contributed by atoms with van der Waals surface area (Å²) in [5.74, 6) is 0.541. The fraction of sp³-hybridized carbons (Fsp3) is 0.429. The molecule has 0 atom stereocenters. The molecule has 1 amide bonds. The average molecular weight is 429 g/mol. The number of hydrogen-bond acceptors (Lipinski definition) is 6. The third-order valence-corrected chi connectivity index (χ3v) is 6.62. The Morgan fingerprint density at radius 3 is 2.69 bits per heavy atom. The summed E-state index contributed by atoms with van der Waals surface area (Å²) >= 11 is 6.64. The van der Waals surface area contributed by atoms with Gasteiger partial charge in [-0.25, -0.2) is 4.98 Å². The first kappa shape index (κ1) is 20.1. The Bertz CT molecular complexity index is 1070. The predicted molar refractivity (Wildman–Crippen MR) is 122 cm³/mol. The van der Waals surface area contributed by atoms with Crippen LogP contribution in [-0.2, 0) is 4.79 Å². The molecule has 0 bridgehead atoms. The Hall–Kier alpha value is -2.19. The fourth-order valence-electron chi connectivity index (χ4n) is 3.77. The van der Waals surface area contributed by atoms with Crippen molar-refractivity contribution in [3.8, 4) is 0 Å². The van der Waals surface area contributed by atoms with Gasteiger partial charge in [0, 0.05) is 25.8 Å². The molecular formula is C21H24N4O2S2. The van der Waals surface area contributed by atoms with Crippen LogP contribution in [-0.4, -0.2) is 44.1 Å². The van der Waals surface area contributed by atoms with Crippen LogP contribution in [0.4, 0.5) is 5.82 Å². The molecule has 4 heterocycles. The van der Waals surface area contributed by atoms with Gasteiger partial charge in [-0.1, -0.05) is 37.0 Å². The second-order valence-corrected chi connectivity index (χ2v) is 9.15. The molecule has 2 fully saturated rings. The molecule has 4 rings (SSSR count). The minimum absolute atomic E-state index is 0.125. The number of aromatic nitrogens is 2. The van der Waals surface area contributed by atoms with Gasteiger partial charge in [0.2, 0.25) is 0 Å². The third kappa shape index (κ3) is 3.83. The number of piperidine rings is 1. The van der Waals surface area contributed by atoms with Gasteiger partial charge in [-0.2, -0.15) is 0 Å². The number of thiocarbonyl (C=S) groups is 1. The number of aryl methyl sites for hydroxylation is 1. The smallest absolute Gasteiger partial charge is 0.267 e. The van der Waals surface area contributed by atoms with Gasteiger partial charge < -0.3 is 4.90 Å². The fourth-order valence-corrected chi connectivity index (χ4v) is 5.06. The van der Waals surface area contributed by atoms with Crippen LogP contribution in [0.5, 0.6) is 0 Å². The minimum Gasteiger partial charge on any atom is -0.356 e. The number of nitrogens with zero attached hydrogens (tertiary/aromatic N) is 4. The highest BCUT2D eigenvalue weighted by molar-refractivity contribution is 8.26. The highest BCUT2D eigenvalue weighted by Crippen LogP contribution is 2.33. The van der Waals surface area contributed by atoms with Crippen molar-refractivity contribution in [3.63, 3.8) is 0 Å². The van der Waals surface area contributed by atoms with E-state index in [0.29, 0.717) is 32.8 Å². The monoisotopic (exact) mass is 428 g/mol. The van der Waals surface area contributed by atoms with Crippen molar-refractivity contribution in [1.82, 2.24) is 14.3 Å². The van der Waals surface area contributed by atoms with Crippen LogP contribution >= 0.6 is 24.0 Å². The topological polar surface area (TPSA) is 57.9 Å². The molecule has 2 aliphatic rings. The third-order valence-electron chi connectivity index (χ3n) is 5.24. The first-order chi connectivity index (χ1) is 14.0. The van der Waals surface area contributed by atoms with Crippen LogP contribution in [0.15, 0.2) is 28.0 Å². The second kappa shape index (κ2) is 8.28. The minimum atomic E-state index is -0.153. The molecule has 0 aliphatic carbocycles. The van der Waals surface area contributed by atoms with Crippen molar-refractivity contribution in [1.29, 1.82) is 0 Å². The van der Waals surface area contributed by atoms with Gasteiger partial charge in [0.25, 0.3) is 11.5 Å². The standard InChI is InChI=1S/C21H24N4O2S2/c1-3-9-24-20(27)16(29-21(24)28)12-15-18(23-10-5-4-6-11-23)22-17-8-7-14(2)13-25(17)19(15)26/h7-8,12-13H,3-6,9-11H2,1-2H3. The van der Waals surface area contributed by atoms with Gasteiger partial charge in [-0.05, 0) is 50.3 Å². The maximum absolute atomic E-state index is 13.4. The molecule has 0 radical (unpaired) electrons. The Balaban J connectivity index is 1.87. The summed E-state index contributed by atoms with van der Waals surface area (Å²) in [6.45, 7) is 6.28. The Labute approximate surface area is 179 Å². The SMILES string of the molecule is CCCN1C(=O)C(=Cc2c(N3CCCCC3)nc3ccc(C)cn3c2=O)SC1=S. The van der Waals surface area contributed by atoms with Crippen molar-refractivity contribution < 1.29 is 4.79 Å². The normalized spacial score (nSPS) is 19.0. The van der Waals surface area contributed by atoms with E-state index in [9.17, 15) is 9.59 Å². The van der Waals surface area contributed by atoms with Crippen LogP contribution in [0.1, 0.15) is 43.7 Å². The average Bonchev–Trinajstić information content (AvgIpc) is 2.99. The van der Waals surface area contributed by atoms with E-state index < -0.39 is 0 Å². The summed E-state index contributed by atoms with van der Waals surface area (Å²) in [6.07, 6.45) is 7.67. The van der Waals surface area contributed by atoms with Gasteiger partial charge in [-0.15, -0.1) is 0 Å². The zero-order valence-electron chi connectivity index (χ0n) is 16.7. The highest BCUT2D eigenvalue weighted by atomic mass is 32.2. The molecule has 0 saturated carbocycles. The van der Waals surface area contributed by atoms with Crippen molar-refractivity contribution in [3.05, 3.63) is 44.7 Å². The zero-order valence-corrected chi connectivity index (χ0v) is 18.3. The first-order valence-electron chi connectivity index (χ1n) is 10.0. The van der Waals surface area contributed by atoms with Crippen LogP contribution in [0.3, 0.4) is 0 Å². The summed E-state index contributed by atoms with van der Waals surface area (Å²) in [5, 5.41) is 0. The molecule has 2 aromatic rings. The summed E-state index contributed by atoms with van der Waals surface area (Å²) in [6, 6.07) is 3.83. The summed E-state index contributed by atoms with van der Waals surface area (Å²) in [5.41, 5.74) is 1.91. The lowest BCUT2D eigenvalue weighted by molar-refractivity contribution is -0.122. The van der Waals surface area contributed by atoms with E-state index in [2.05, 4.69) is 4.90 Å². The van der Waals surface area contributed by atoms with Crippen molar-refractivity contribution in [2.75, 3.05) is 24.5 Å². The van der Waals surface area contributed by atoms with E-state index in [1.807, 2.05) is 26.0 Å². The number of fused-ring (bicyclic) bond motifs is 1. The number of thioether (sulfide) groups is 1. The van der Waals surface area contributed by atoms with Gasteiger partial charge in [0.1, 0.15) is 15.8 Å². The Morgan fingerprint density at radius 2 is 1.97 bits per heavy atom. The number of amides is 1. The van der Waals surface area contributed by atoms with E-state index in [4.69, 9.17) is 17.2 Å². The number of rotatable bonds is 4. The van der Waals surface area contributed by atoms with Gasteiger partial charge >= 0.3 is 0 Å². The van der Waals surface area contributed by atoms with Crippen LogP contribution in [0, 0.1) is 6.92 Å². The molecule has 2 aliphatic heterocycles. The van der Waals surface area contributed by atoms with E-state index >= 15 is 0 Å². The van der Waals surface area contributed by atoms with E-state index in [1.54, 1.807) is 21.6 Å². The number of carbonyl (C=O) groups is 1. The van der Waals surface area contributed by atoms with Gasteiger partial charge in [-0.3, -0.25) is 18.9 Å². The van der Waals surface area contributed by atoms with Gasteiger partial charge in [0.05, 0.1) is 10.5 Å². The lowest BCUT2D eigenvalue weighted by atomic mass is 10.1. The molecule has 152 valence electrons. The summed E-state index contributed by atoms with van der Waals surface area (Å²) < 4.78 is 2.12. The number of pyridine rings is 1. The van der Waals surface area contributed by atoms with E-state index in [0.717, 1.165) is 37.9 Å². The predicted octanol–water partition coefficient (Wildman–Crippen LogP) is 3.60. The van der Waals surface area contributed by atoms with Gasteiger partial charge in [0.15, 0.2) is 0 Å². The molecule has 8 heteroatoms. The van der Waals surface area contributed by atoms with Crippen LogP contribution < -0.4 is 10.5 Å². The molecular weight excluding hydrogens is 404 g/mol. The molecule has 0 unspecified atom stereocenters. The van der Waals surface area contributed by atoms with E-state index in [-0.39, 0.29) is 11.5 Å². The van der Waals surface area contributed by atoms with Crippen LogP contribution in [0.25, 0.3) is 11.7 Å². The first-order valence-corrected chi connectivity index (χ1v) is 11.3. The molecule has 2 saturated heterocycles. The quantitative estimate of drug-likeness (QED) is 0.548. The number of anilines is 1. The number of carbonyl (C=O) groups excluding carboxylic acids is 1. The Kier molecular flexibility index (Phi) is 5.74. The van der Waals surface area contributed by atoms with Crippen molar-refractivity contribution >= 4 is 51.7 Å². The largest absolute Gasteiger partial charge is 0.356 e. The molecule has 6 nitrogen and oxygen atoms in total. The van der Waals surface area contributed by atoms with E-state index in [1.165, 1.54) is 18.2 Å².